The van der Waals surface area contributed by atoms with Crippen LogP contribution in [0.15, 0.2) is 18.2 Å². The molecule has 0 amide bonds. The Hall–Kier alpha value is -1.10. The molecule has 0 saturated carbocycles. The number of aromatic hydroxyl groups is 1. The molecule has 2 N–H and O–H groups in total. The molecule has 102 valence electrons. The summed E-state index contributed by atoms with van der Waals surface area (Å²) in [6.07, 6.45) is 1.34. The van der Waals surface area contributed by atoms with Crippen LogP contribution in [0.25, 0.3) is 0 Å². The number of phenolic OH excluding ortho intramolecular Hbond substituents is 1. The summed E-state index contributed by atoms with van der Waals surface area (Å²) in [6.45, 7) is 2.13. The number of phenols is 1. The maximum Gasteiger partial charge on any atom is 0.187 e. The molecule has 4 heteroatoms. The van der Waals surface area contributed by atoms with Crippen molar-refractivity contribution >= 4 is 0 Å². The molecule has 0 bridgehead atoms. The Bertz CT molecular complexity index is 361. The summed E-state index contributed by atoms with van der Waals surface area (Å²) >= 11 is 0. The third-order valence-corrected chi connectivity index (χ3v) is 2.95. The minimum Gasteiger partial charge on any atom is -0.508 e. The molecule has 0 aliphatic heterocycles. The minimum absolute atomic E-state index is 0.0573. The van der Waals surface area contributed by atoms with E-state index in [0.29, 0.717) is 5.56 Å². The molecule has 0 heterocycles. The summed E-state index contributed by atoms with van der Waals surface area (Å²) in [5.74, 6) is 0.0573. The lowest BCUT2D eigenvalue weighted by atomic mass is 10.0. The Morgan fingerprint density at radius 2 is 1.89 bits per heavy atom. The van der Waals surface area contributed by atoms with Crippen LogP contribution in [0.5, 0.6) is 5.75 Å². The van der Waals surface area contributed by atoms with Gasteiger partial charge >= 0.3 is 0 Å². The van der Waals surface area contributed by atoms with Crippen molar-refractivity contribution in [2.24, 2.45) is 0 Å². The number of unbranched alkanes of at least 4 members (excludes halogenated alkanes) is 1. The fraction of sp³-hybridized carbons (Fsp3) is 0.571. The Morgan fingerprint density at radius 1 is 1.22 bits per heavy atom. The number of hydrogen-bond donors (Lipinski definition) is 2. The number of aliphatic hydroxyl groups is 1. The lowest BCUT2D eigenvalue weighted by Crippen LogP contribution is -2.22. The van der Waals surface area contributed by atoms with Crippen LogP contribution in [-0.4, -0.2) is 30.7 Å². The highest BCUT2D eigenvalue weighted by molar-refractivity contribution is 5.38. The summed E-state index contributed by atoms with van der Waals surface area (Å²) in [4.78, 5) is 0. The largest absolute Gasteiger partial charge is 0.508 e. The first kappa shape index (κ1) is 15.0. The Balaban J connectivity index is 2.91. The summed E-state index contributed by atoms with van der Waals surface area (Å²) in [7, 11) is 2.91. The first-order valence-electron chi connectivity index (χ1n) is 6.19. The highest BCUT2D eigenvalue weighted by Gasteiger charge is 2.23. The van der Waals surface area contributed by atoms with Crippen molar-refractivity contribution < 1.29 is 19.7 Å². The van der Waals surface area contributed by atoms with Crippen molar-refractivity contribution in [3.05, 3.63) is 29.3 Å². The van der Waals surface area contributed by atoms with Gasteiger partial charge in [0, 0.05) is 19.8 Å². The minimum atomic E-state index is -0.999. The third kappa shape index (κ3) is 3.70. The van der Waals surface area contributed by atoms with Crippen LogP contribution in [0.2, 0.25) is 0 Å². The summed E-state index contributed by atoms with van der Waals surface area (Å²) < 4.78 is 10.0. The molecule has 0 aromatic heterocycles. The van der Waals surface area contributed by atoms with Gasteiger partial charge in [0.1, 0.15) is 11.9 Å². The van der Waals surface area contributed by atoms with Gasteiger partial charge in [-0.1, -0.05) is 19.4 Å². The van der Waals surface area contributed by atoms with Gasteiger partial charge in [0.2, 0.25) is 0 Å². The first-order valence-corrected chi connectivity index (χ1v) is 6.19. The van der Waals surface area contributed by atoms with Gasteiger partial charge < -0.3 is 19.7 Å². The molecule has 0 radical (unpaired) electrons. The van der Waals surface area contributed by atoms with Gasteiger partial charge in [-0.2, -0.15) is 0 Å². The smallest absolute Gasteiger partial charge is 0.187 e. The maximum absolute atomic E-state index is 10.1. The van der Waals surface area contributed by atoms with Crippen LogP contribution in [-0.2, 0) is 15.9 Å². The molecule has 0 spiro atoms. The van der Waals surface area contributed by atoms with Gasteiger partial charge in [-0.05, 0) is 30.5 Å². The molecule has 0 fully saturated rings. The Kier molecular flexibility index (Phi) is 6.12. The number of benzene rings is 1. The number of methoxy groups -OCH3 is 2. The van der Waals surface area contributed by atoms with E-state index < -0.39 is 12.4 Å². The van der Waals surface area contributed by atoms with Crippen molar-refractivity contribution in [3.63, 3.8) is 0 Å². The van der Waals surface area contributed by atoms with E-state index >= 15 is 0 Å². The summed E-state index contributed by atoms with van der Waals surface area (Å²) in [5, 5.41) is 19.9. The van der Waals surface area contributed by atoms with Crippen LogP contribution >= 0.6 is 0 Å². The molecule has 0 aliphatic carbocycles. The predicted octanol–water partition coefficient (Wildman–Crippen LogP) is 2.39. The number of aliphatic hydroxyl groups excluding tert-OH is 1. The average Bonchev–Trinajstić information content (AvgIpc) is 2.39. The summed E-state index contributed by atoms with van der Waals surface area (Å²) in [6, 6.07) is 5.28. The topological polar surface area (TPSA) is 58.9 Å². The highest BCUT2D eigenvalue weighted by Crippen LogP contribution is 2.29. The number of hydrogen-bond acceptors (Lipinski definition) is 4. The van der Waals surface area contributed by atoms with E-state index in [9.17, 15) is 10.2 Å². The molecule has 4 nitrogen and oxygen atoms in total. The molecule has 1 aromatic rings. The van der Waals surface area contributed by atoms with Crippen LogP contribution in [0.1, 0.15) is 37.0 Å². The lowest BCUT2D eigenvalue weighted by Gasteiger charge is -2.21. The molecular formula is C14H22O4. The maximum atomic E-state index is 10.1. The van der Waals surface area contributed by atoms with E-state index in [1.165, 1.54) is 14.2 Å². The molecule has 0 aliphatic rings. The van der Waals surface area contributed by atoms with Crippen LogP contribution in [0.4, 0.5) is 0 Å². The Morgan fingerprint density at radius 3 is 2.44 bits per heavy atom. The van der Waals surface area contributed by atoms with E-state index in [-0.39, 0.29) is 5.75 Å². The monoisotopic (exact) mass is 254 g/mol. The average molecular weight is 254 g/mol. The molecule has 1 atom stereocenters. The van der Waals surface area contributed by atoms with E-state index in [1.807, 2.05) is 6.07 Å². The number of aryl methyl sites for hydroxylation is 1. The van der Waals surface area contributed by atoms with Gasteiger partial charge in [-0.3, -0.25) is 0 Å². The SMILES string of the molecule is CCCCc1ccc(O)c(C(O)C(OC)OC)c1. The zero-order chi connectivity index (χ0) is 13.5. The highest BCUT2D eigenvalue weighted by atomic mass is 16.7. The van der Waals surface area contributed by atoms with Crippen molar-refractivity contribution in [1.82, 2.24) is 0 Å². The van der Waals surface area contributed by atoms with E-state index in [0.717, 1.165) is 24.8 Å². The van der Waals surface area contributed by atoms with Crippen molar-refractivity contribution in [2.75, 3.05) is 14.2 Å². The molecular weight excluding hydrogens is 232 g/mol. The normalized spacial score (nSPS) is 12.9. The summed E-state index contributed by atoms with van der Waals surface area (Å²) in [5.41, 5.74) is 1.53. The zero-order valence-electron chi connectivity index (χ0n) is 11.2. The molecule has 1 rings (SSSR count). The second-order valence-corrected chi connectivity index (χ2v) is 4.28. The van der Waals surface area contributed by atoms with Gasteiger partial charge in [-0.15, -0.1) is 0 Å². The second-order valence-electron chi connectivity index (χ2n) is 4.28. The molecule has 0 saturated heterocycles. The molecule has 18 heavy (non-hydrogen) atoms. The Labute approximate surface area is 108 Å². The van der Waals surface area contributed by atoms with Gasteiger partial charge in [0.25, 0.3) is 0 Å². The van der Waals surface area contributed by atoms with Crippen LogP contribution in [0, 0.1) is 0 Å². The van der Waals surface area contributed by atoms with E-state index in [4.69, 9.17) is 9.47 Å². The van der Waals surface area contributed by atoms with Crippen LogP contribution < -0.4 is 0 Å². The third-order valence-electron chi connectivity index (χ3n) is 2.95. The molecule has 1 unspecified atom stereocenters. The quantitative estimate of drug-likeness (QED) is 0.733. The fourth-order valence-electron chi connectivity index (χ4n) is 1.88. The van der Waals surface area contributed by atoms with Crippen molar-refractivity contribution in [2.45, 2.75) is 38.6 Å². The lowest BCUT2D eigenvalue weighted by molar-refractivity contribution is -0.166. The van der Waals surface area contributed by atoms with Crippen LogP contribution in [0.3, 0.4) is 0 Å². The van der Waals surface area contributed by atoms with Gasteiger partial charge in [0.15, 0.2) is 6.29 Å². The predicted molar refractivity (Wildman–Crippen MR) is 69.5 cm³/mol. The molecule has 1 aromatic carbocycles. The fourth-order valence-corrected chi connectivity index (χ4v) is 1.88. The second kappa shape index (κ2) is 7.36. The van der Waals surface area contributed by atoms with Gasteiger partial charge in [-0.25, -0.2) is 0 Å². The van der Waals surface area contributed by atoms with Gasteiger partial charge in [0.05, 0.1) is 0 Å². The van der Waals surface area contributed by atoms with E-state index in [1.54, 1.807) is 12.1 Å². The zero-order valence-corrected chi connectivity index (χ0v) is 11.2. The number of ether oxygens (including phenoxy) is 2. The standard InChI is InChI=1S/C14H22O4/c1-4-5-6-10-7-8-12(15)11(9-10)13(16)14(17-2)18-3/h7-9,13-16H,4-6H2,1-3H3. The van der Waals surface area contributed by atoms with Crippen molar-refractivity contribution in [1.29, 1.82) is 0 Å². The van der Waals surface area contributed by atoms with Crippen molar-refractivity contribution in [3.8, 4) is 5.75 Å². The number of rotatable bonds is 7. The first-order chi connectivity index (χ1) is 8.63. The van der Waals surface area contributed by atoms with E-state index in [2.05, 4.69) is 6.92 Å².